The number of hydrogen-bond acceptors (Lipinski definition) is 4. The van der Waals surface area contributed by atoms with Crippen LogP contribution in [0.3, 0.4) is 0 Å². The van der Waals surface area contributed by atoms with Crippen LogP contribution in [-0.4, -0.2) is 40.8 Å². The maximum atomic E-state index is 12.1. The summed E-state index contributed by atoms with van der Waals surface area (Å²) in [7, 11) is -3.32. The van der Waals surface area contributed by atoms with Crippen molar-refractivity contribution >= 4 is 10.0 Å². The van der Waals surface area contributed by atoms with Gasteiger partial charge in [0, 0.05) is 19.7 Å². The van der Waals surface area contributed by atoms with Crippen molar-refractivity contribution in [3.8, 4) is 0 Å². The second-order valence-corrected chi connectivity index (χ2v) is 6.95. The minimum atomic E-state index is -3.32. The zero-order valence-electron chi connectivity index (χ0n) is 11.8. The molecular formula is C14H22N2O3S. The molecule has 0 spiro atoms. The lowest BCUT2D eigenvalue weighted by molar-refractivity contribution is 0.0707. The zero-order chi connectivity index (χ0) is 14.4. The van der Waals surface area contributed by atoms with Gasteiger partial charge in [-0.2, -0.15) is 0 Å². The third kappa shape index (κ3) is 5.20. The summed E-state index contributed by atoms with van der Waals surface area (Å²) in [6.07, 6.45) is 0.872. The van der Waals surface area contributed by atoms with Crippen LogP contribution >= 0.6 is 0 Å². The number of ether oxygens (including phenoxy) is 1. The van der Waals surface area contributed by atoms with E-state index in [2.05, 4.69) is 10.0 Å². The summed E-state index contributed by atoms with van der Waals surface area (Å²) < 4.78 is 32.3. The van der Waals surface area contributed by atoms with Crippen molar-refractivity contribution in [2.75, 3.05) is 26.2 Å². The van der Waals surface area contributed by atoms with Gasteiger partial charge in [-0.15, -0.1) is 0 Å². The van der Waals surface area contributed by atoms with Crippen LogP contribution in [0, 0.1) is 6.92 Å². The number of nitrogens with one attached hydrogen (secondary N) is 2. The van der Waals surface area contributed by atoms with E-state index >= 15 is 0 Å². The number of sulfonamides is 1. The lowest BCUT2D eigenvalue weighted by Crippen LogP contribution is -2.38. The van der Waals surface area contributed by atoms with E-state index in [4.69, 9.17) is 4.74 Å². The topological polar surface area (TPSA) is 67.4 Å². The minimum Gasteiger partial charge on any atom is -0.375 e. The molecule has 1 heterocycles. The highest BCUT2D eigenvalue weighted by Gasteiger charge is 2.17. The maximum absolute atomic E-state index is 12.1. The fourth-order valence-corrected chi connectivity index (χ4v) is 3.35. The standard InChI is InChI=1S/C14H22N2O3S/c1-12-4-2-5-13(8-12)11-20(17,18)16-10-14-9-15-6-3-7-19-14/h2,4-5,8,14-16H,3,6-7,9-11H2,1H3. The molecule has 1 aromatic carbocycles. The normalized spacial score (nSPS) is 20.6. The molecule has 112 valence electrons. The Balaban J connectivity index is 1.87. The smallest absolute Gasteiger partial charge is 0.215 e. The molecule has 0 aliphatic carbocycles. The molecule has 1 fully saturated rings. The predicted octanol–water partition coefficient (Wildman–Crippen LogP) is 0.793. The van der Waals surface area contributed by atoms with E-state index in [1.54, 1.807) is 0 Å². The van der Waals surface area contributed by atoms with Gasteiger partial charge in [-0.3, -0.25) is 0 Å². The van der Waals surface area contributed by atoms with Gasteiger partial charge in [0.2, 0.25) is 10.0 Å². The van der Waals surface area contributed by atoms with Gasteiger partial charge in [0.05, 0.1) is 11.9 Å². The number of hydrogen-bond donors (Lipinski definition) is 2. The Kier molecular flexibility index (Phi) is 5.54. The van der Waals surface area contributed by atoms with E-state index in [1.807, 2.05) is 31.2 Å². The largest absolute Gasteiger partial charge is 0.375 e. The molecule has 1 aromatic rings. The highest BCUT2D eigenvalue weighted by Crippen LogP contribution is 2.08. The first kappa shape index (κ1) is 15.4. The van der Waals surface area contributed by atoms with Crippen LogP contribution in [0.15, 0.2) is 24.3 Å². The molecule has 5 nitrogen and oxygen atoms in total. The molecule has 1 saturated heterocycles. The Labute approximate surface area is 120 Å². The van der Waals surface area contributed by atoms with Gasteiger partial charge in [-0.05, 0) is 25.5 Å². The average Bonchev–Trinajstić information content (AvgIpc) is 2.64. The molecule has 0 radical (unpaired) electrons. The third-order valence-corrected chi connectivity index (χ3v) is 4.51. The average molecular weight is 298 g/mol. The van der Waals surface area contributed by atoms with Gasteiger partial charge >= 0.3 is 0 Å². The van der Waals surface area contributed by atoms with Crippen LogP contribution in [0.5, 0.6) is 0 Å². The fourth-order valence-electron chi connectivity index (χ4n) is 2.19. The predicted molar refractivity (Wildman–Crippen MR) is 79.0 cm³/mol. The van der Waals surface area contributed by atoms with Crippen molar-refractivity contribution in [3.63, 3.8) is 0 Å². The Hall–Kier alpha value is -0.950. The Morgan fingerprint density at radius 1 is 1.45 bits per heavy atom. The molecule has 2 N–H and O–H groups in total. The SMILES string of the molecule is Cc1cccc(CS(=O)(=O)NCC2CNCCCO2)c1. The van der Waals surface area contributed by atoms with E-state index in [0.717, 1.165) is 24.1 Å². The Morgan fingerprint density at radius 3 is 3.10 bits per heavy atom. The minimum absolute atomic E-state index is 0.00876. The van der Waals surface area contributed by atoms with Crippen LogP contribution < -0.4 is 10.0 Å². The van der Waals surface area contributed by atoms with Crippen LogP contribution in [-0.2, 0) is 20.5 Å². The van der Waals surface area contributed by atoms with Gasteiger partial charge in [-0.1, -0.05) is 29.8 Å². The summed E-state index contributed by atoms with van der Waals surface area (Å²) in [5.41, 5.74) is 1.87. The van der Waals surface area contributed by atoms with Crippen molar-refractivity contribution in [1.82, 2.24) is 10.0 Å². The third-order valence-electron chi connectivity index (χ3n) is 3.19. The quantitative estimate of drug-likeness (QED) is 0.843. The first-order valence-corrected chi connectivity index (χ1v) is 8.55. The van der Waals surface area contributed by atoms with Gasteiger partial charge < -0.3 is 10.1 Å². The summed E-state index contributed by atoms with van der Waals surface area (Å²) in [6.45, 7) is 4.56. The van der Waals surface area contributed by atoms with Crippen LogP contribution in [0.2, 0.25) is 0 Å². The fraction of sp³-hybridized carbons (Fsp3) is 0.571. The molecule has 1 atom stereocenters. The molecule has 1 aliphatic heterocycles. The molecule has 20 heavy (non-hydrogen) atoms. The van der Waals surface area contributed by atoms with E-state index < -0.39 is 10.0 Å². The zero-order valence-corrected chi connectivity index (χ0v) is 12.6. The first-order chi connectivity index (χ1) is 9.55. The molecule has 6 heteroatoms. The summed E-state index contributed by atoms with van der Waals surface area (Å²) in [5, 5.41) is 3.23. The van der Waals surface area contributed by atoms with E-state index in [0.29, 0.717) is 19.7 Å². The summed E-state index contributed by atoms with van der Waals surface area (Å²) in [6, 6.07) is 7.55. The molecular weight excluding hydrogens is 276 g/mol. The van der Waals surface area contributed by atoms with Crippen LogP contribution in [0.4, 0.5) is 0 Å². The summed E-state index contributed by atoms with van der Waals surface area (Å²) >= 11 is 0. The molecule has 1 aliphatic rings. The monoisotopic (exact) mass is 298 g/mol. The highest BCUT2D eigenvalue weighted by atomic mass is 32.2. The lowest BCUT2D eigenvalue weighted by Gasteiger charge is -2.16. The first-order valence-electron chi connectivity index (χ1n) is 6.90. The van der Waals surface area contributed by atoms with Crippen molar-refractivity contribution in [3.05, 3.63) is 35.4 Å². The van der Waals surface area contributed by atoms with Crippen molar-refractivity contribution < 1.29 is 13.2 Å². The van der Waals surface area contributed by atoms with E-state index in [1.165, 1.54) is 0 Å². The maximum Gasteiger partial charge on any atom is 0.215 e. The summed E-state index contributed by atoms with van der Waals surface area (Å²) in [5.74, 6) is 0.00876. The van der Waals surface area contributed by atoms with E-state index in [9.17, 15) is 8.42 Å². The molecule has 0 bridgehead atoms. The summed E-state index contributed by atoms with van der Waals surface area (Å²) in [4.78, 5) is 0. The van der Waals surface area contributed by atoms with Gasteiger partial charge in [0.25, 0.3) is 0 Å². The van der Waals surface area contributed by atoms with Crippen molar-refractivity contribution in [1.29, 1.82) is 0 Å². The van der Waals surface area contributed by atoms with Gasteiger partial charge in [0.15, 0.2) is 0 Å². The molecule has 0 amide bonds. The van der Waals surface area contributed by atoms with Gasteiger partial charge in [0.1, 0.15) is 0 Å². The number of rotatable bonds is 5. The Bertz CT molecular complexity index is 523. The second-order valence-electron chi connectivity index (χ2n) is 5.15. The Morgan fingerprint density at radius 2 is 2.30 bits per heavy atom. The molecule has 1 unspecified atom stereocenters. The molecule has 0 saturated carbocycles. The van der Waals surface area contributed by atoms with Crippen molar-refractivity contribution in [2.45, 2.75) is 25.2 Å². The van der Waals surface area contributed by atoms with E-state index in [-0.39, 0.29) is 11.9 Å². The van der Waals surface area contributed by atoms with Crippen LogP contribution in [0.1, 0.15) is 17.5 Å². The second kappa shape index (κ2) is 7.17. The number of benzene rings is 1. The number of aryl methyl sites for hydroxylation is 1. The van der Waals surface area contributed by atoms with Crippen molar-refractivity contribution in [2.24, 2.45) is 0 Å². The highest BCUT2D eigenvalue weighted by molar-refractivity contribution is 7.88. The molecule has 2 rings (SSSR count). The van der Waals surface area contributed by atoms with Gasteiger partial charge in [-0.25, -0.2) is 13.1 Å². The van der Waals surface area contributed by atoms with Crippen LogP contribution in [0.25, 0.3) is 0 Å². The lowest BCUT2D eigenvalue weighted by atomic mass is 10.2. The molecule has 0 aromatic heterocycles.